The Hall–Kier alpha value is -2.91. The molecule has 182 valence electrons. The van der Waals surface area contributed by atoms with Crippen LogP contribution in [0.15, 0.2) is 60.7 Å². The van der Waals surface area contributed by atoms with Gasteiger partial charge in [0.1, 0.15) is 0 Å². The molecule has 0 spiro atoms. The highest BCUT2D eigenvalue weighted by atomic mass is 19.4. The van der Waals surface area contributed by atoms with Gasteiger partial charge in [-0.1, -0.05) is 37.6 Å². The number of alkyl halides is 6. The number of unbranched alkanes of at least 4 members (excludes halogenated alkanes) is 1. The Morgan fingerprint density at radius 3 is 1.62 bits per heavy atom. The van der Waals surface area contributed by atoms with Crippen molar-refractivity contribution in [3.8, 4) is 22.5 Å². The summed E-state index contributed by atoms with van der Waals surface area (Å²) >= 11 is 0. The summed E-state index contributed by atoms with van der Waals surface area (Å²) < 4.78 is 77.6. The standard InChI is InChI=1S/C25H24F6N2O/c1-2-3-12-32-15-23(34)18-13-21(16-4-8-19(9-5-16)24(26,27)28)33-22(14-18)17-6-10-20(11-7-17)25(29,30)31/h4-11,13-14,23,32,34H,2-3,12,15H2,1H3/t23-/m1/s1. The second-order valence-electron chi connectivity index (χ2n) is 7.89. The summed E-state index contributed by atoms with van der Waals surface area (Å²) in [4.78, 5) is 4.46. The highest BCUT2D eigenvalue weighted by Crippen LogP contribution is 2.34. The number of halogens is 6. The molecule has 0 saturated carbocycles. The molecule has 0 aliphatic heterocycles. The number of rotatable bonds is 8. The van der Waals surface area contributed by atoms with Gasteiger partial charge in [-0.15, -0.1) is 0 Å². The van der Waals surface area contributed by atoms with E-state index in [4.69, 9.17) is 0 Å². The summed E-state index contributed by atoms with van der Waals surface area (Å²) in [6, 6.07) is 12.0. The summed E-state index contributed by atoms with van der Waals surface area (Å²) in [6.45, 7) is 2.98. The molecule has 0 aliphatic rings. The van der Waals surface area contributed by atoms with Crippen molar-refractivity contribution in [3.05, 3.63) is 77.4 Å². The van der Waals surface area contributed by atoms with Crippen LogP contribution in [0.25, 0.3) is 22.5 Å². The zero-order chi connectivity index (χ0) is 24.9. The largest absolute Gasteiger partial charge is 0.416 e. The number of hydrogen-bond donors (Lipinski definition) is 2. The average Bonchev–Trinajstić information content (AvgIpc) is 2.80. The van der Waals surface area contributed by atoms with Crippen LogP contribution in [0.1, 0.15) is 42.6 Å². The van der Waals surface area contributed by atoms with Crippen molar-refractivity contribution in [2.24, 2.45) is 0 Å². The second kappa shape index (κ2) is 10.6. The highest BCUT2D eigenvalue weighted by molar-refractivity contribution is 5.68. The number of pyridine rings is 1. The molecular formula is C25H24F6N2O. The molecule has 2 N–H and O–H groups in total. The van der Waals surface area contributed by atoms with Gasteiger partial charge in [0.2, 0.25) is 0 Å². The molecule has 1 heterocycles. The van der Waals surface area contributed by atoms with Crippen LogP contribution in [0.5, 0.6) is 0 Å². The Balaban J connectivity index is 1.99. The molecule has 0 unspecified atom stereocenters. The molecule has 0 radical (unpaired) electrons. The van der Waals surface area contributed by atoms with Gasteiger partial charge in [-0.05, 0) is 54.9 Å². The normalized spacial score (nSPS) is 13.2. The van der Waals surface area contributed by atoms with Crippen molar-refractivity contribution < 1.29 is 31.4 Å². The van der Waals surface area contributed by atoms with E-state index in [-0.39, 0.29) is 6.54 Å². The molecule has 0 fully saturated rings. The van der Waals surface area contributed by atoms with Crippen LogP contribution in [0.2, 0.25) is 0 Å². The van der Waals surface area contributed by atoms with E-state index in [0.29, 0.717) is 34.6 Å². The molecule has 3 aromatic rings. The predicted octanol–water partition coefficient (Wildman–Crippen LogP) is 6.88. The van der Waals surface area contributed by atoms with E-state index in [2.05, 4.69) is 10.3 Å². The Morgan fingerprint density at radius 1 is 0.794 bits per heavy atom. The van der Waals surface area contributed by atoms with Gasteiger partial charge < -0.3 is 10.4 Å². The maximum Gasteiger partial charge on any atom is 0.416 e. The van der Waals surface area contributed by atoms with Crippen molar-refractivity contribution in [2.75, 3.05) is 13.1 Å². The SMILES string of the molecule is CCCCNC[C@@H](O)c1cc(-c2ccc(C(F)(F)F)cc2)nc(-c2ccc(C(F)(F)F)cc2)c1. The van der Waals surface area contributed by atoms with Gasteiger partial charge in [-0.3, -0.25) is 0 Å². The maximum atomic E-state index is 12.9. The number of nitrogens with one attached hydrogen (secondary N) is 1. The number of aromatic nitrogens is 1. The fourth-order valence-electron chi connectivity index (χ4n) is 3.36. The lowest BCUT2D eigenvalue weighted by molar-refractivity contribution is -0.138. The molecule has 9 heteroatoms. The lowest BCUT2D eigenvalue weighted by Gasteiger charge is -2.16. The molecule has 2 aromatic carbocycles. The molecule has 34 heavy (non-hydrogen) atoms. The number of aliphatic hydroxyl groups is 1. The fourth-order valence-corrected chi connectivity index (χ4v) is 3.36. The molecule has 0 bridgehead atoms. The van der Waals surface area contributed by atoms with Crippen molar-refractivity contribution in [3.63, 3.8) is 0 Å². The van der Waals surface area contributed by atoms with Gasteiger partial charge in [0.25, 0.3) is 0 Å². The first-order valence-electron chi connectivity index (χ1n) is 10.7. The third kappa shape index (κ3) is 6.57. The van der Waals surface area contributed by atoms with E-state index >= 15 is 0 Å². The molecule has 0 saturated heterocycles. The molecular weight excluding hydrogens is 458 g/mol. The molecule has 0 aliphatic carbocycles. The van der Waals surface area contributed by atoms with Crippen LogP contribution in [0, 0.1) is 0 Å². The lowest BCUT2D eigenvalue weighted by Crippen LogP contribution is -2.22. The van der Waals surface area contributed by atoms with Crippen LogP contribution >= 0.6 is 0 Å². The summed E-state index contributed by atoms with van der Waals surface area (Å²) in [6.07, 6.45) is -8.01. The summed E-state index contributed by atoms with van der Waals surface area (Å²) in [5, 5.41) is 13.8. The molecule has 0 amide bonds. The number of aliphatic hydroxyl groups excluding tert-OH is 1. The van der Waals surface area contributed by atoms with Crippen LogP contribution in [-0.4, -0.2) is 23.2 Å². The number of nitrogens with zero attached hydrogens (tertiary/aromatic N) is 1. The van der Waals surface area contributed by atoms with Gasteiger partial charge in [0.05, 0.1) is 28.6 Å². The highest BCUT2D eigenvalue weighted by Gasteiger charge is 2.31. The fraction of sp³-hybridized carbons (Fsp3) is 0.320. The summed E-state index contributed by atoms with van der Waals surface area (Å²) in [7, 11) is 0. The minimum atomic E-state index is -4.49. The summed E-state index contributed by atoms with van der Waals surface area (Å²) in [5.41, 5.74) is 0.195. The first-order chi connectivity index (χ1) is 16.0. The number of hydrogen-bond acceptors (Lipinski definition) is 3. The second-order valence-corrected chi connectivity index (χ2v) is 7.89. The topological polar surface area (TPSA) is 45.1 Å². The smallest absolute Gasteiger partial charge is 0.387 e. The number of benzene rings is 2. The van der Waals surface area contributed by atoms with Gasteiger partial charge >= 0.3 is 12.4 Å². The Kier molecular flexibility index (Phi) is 7.99. The molecule has 1 aromatic heterocycles. The minimum absolute atomic E-state index is 0.239. The van der Waals surface area contributed by atoms with E-state index in [0.717, 1.165) is 37.1 Å². The zero-order valence-corrected chi connectivity index (χ0v) is 18.3. The van der Waals surface area contributed by atoms with Crippen LogP contribution in [-0.2, 0) is 12.4 Å². The van der Waals surface area contributed by atoms with Crippen molar-refractivity contribution in [2.45, 2.75) is 38.2 Å². The monoisotopic (exact) mass is 482 g/mol. The Bertz CT molecular complexity index is 1000. The minimum Gasteiger partial charge on any atom is -0.387 e. The van der Waals surface area contributed by atoms with Crippen LogP contribution in [0.3, 0.4) is 0 Å². The molecule has 3 nitrogen and oxygen atoms in total. The first kappa shape index (κ1) is 25.7. The quantitative estimate of drug-likeness (QED) is 0.272. The zero-order valence-electron chi connectivity index (χ0n) is 18.3. The Morgan fingerprint density at radius 2 is 1.24 bits per heavy atom. The van der Waals surface area contributed by atoms with E-state index < -0.39 is 29.6 Å². The lowest BCUT2D eigenvalue weighted by atomic mass is 10.0. The Labute approximate surface area is 193 Å². The third-order valence-corrected chi connectivity index (χ3v) is 5.29. The van der Waals surface area contributed by atoms with Crippen molar-refractivity contribution in [1.29, 1.82) is 0 Å². The van der Waals surface area contributed by atoms with Crippen LogP contribution < -0.4 is 5.32 Å². The average molecular weight is 482 g/mol. The molecule has 3 rings (SSSR count). The van der Waals surface area contributed by atoms with Gasteiger partial charge in [0.15, 0.2) is 0 Å². The molecule has 1 atom stereocenters. The van der Waals surface area contributed by atoms with E-state index in [1.165, 1.54) is 24.3 Å². The van der Waals surface area contributed by atoms with Crippen LogP contribution in [0.4, 0.5) is 26.3 Å². The van der Waals surface area contributed by atoms with E-state index in [1.807, 2.05) is 6.92 Å². The predicted molar refractivity (Wildman–Crippen MR) is 118 cm³/mol. The van der Waals surface area contributed by atoms with E-state index in [9.17, 15) is 31.4 Å². The van der Waals surface area contributed by atoms with Crippen molar-refractivity contribution in [1.82, 2.24) is 10.3 Å². The first-order valence-corrected chi connectivity index (χ1v) is 10.7. The van der Waals surface area contributed by atoms with Gasteiger partial charge in [0, 0.05) is 17.7 Å². The maximum absolute atomic E-state index is 12.9. The third-order valence-electron chi connectivity index (χ3n) is 5.29. The van der Waals surface area contributed by atoms with E-state index in [1.54, 1.807) is 12.1 Å². The van der Waals surface area contributed by atoms with Gasteiger partial charge in [-0.2, -0.15) is 26.3 Å². The summed E-state index contributed by atoms with van der Waals surface area (Å²) in [5.74, 6) is 0. The van der Waals surface area contributed by atoms with Gasteiger partial charge in [-0.25, -0.2) is 4.98 Å². The van der Waals surface area contributed by atoms with Crippen molar-refractivity contribution >= 4 is 0 Å².